The average Bonchev–Trinajstić information content (AvgIpc) is 3.04. The fourth-order valence-electron chi connectivity index (χ4n) is 2.91. The van der Waals surface area contributed by atoms with E-state index in [-0.39, 0.29) is 5.54 Å². The van der Waals surface area contributed by atoms with Crippen LogP contribution in [0.5, 0.6) is 0 Å². The van der Waals surface area contributed by atoms with Gasteiger partial charge in [0.25, 0.3) is 0 Å². The number of nitriles is 1. The highest BCUT2D eigenvalue weighted by Gasteiger charge is 2.46. The minimum Gasteiger partial charge on any atom is -0.300 e. The molecule has 0 amide bonds. The lowest BCUT2D eigenvalue weighted by Gasteiger charge is -2.32. The van der Waals surface area contributed by atoms with Gasteiger partial charge in [0.05, 0.1) is 6.07 Å². The van der Waals surface area contributed by atoms with Crippen LogP contribution in [0.2, 0.25) is 0 Å². The van der Waals surface area contributed by atoms with Crippen molar-refractivity contribution in [3.8, 4) is 6.07 Å². The Kier molecular flexibility index (Phi) is 3.51. The van der Waals surface area contributed by atoms with Crippen LogP contribution in [0.3, 0.4) is 0 Å². The number of hydrogen-bond donors (Lipinski definition) is 1. The molecule has 2 unspecified atom stereocenters. The van der Waals surface area contributed by atoms with E-state index >= 15 is 0 Å². The maximum atomic E-state index is 9.51. The van der Waals surface area contributed by atoms with Gasteiger partial charge in [-0.05, 0) is 44.2 Å². The molecule has 1 saturated carbocycles. The van der Waals surface area contributed by atoms with Crippen molar-refractivity contribution in [3.63, 3.8) is 0 Å². The van der Waals surface area contributed by atoms with Crippen molar-refractivity contribution in [2.75, 3.05) is 26.2 Å². The second kappa shape index (κ2) is 4.73. The van der Waals surface area contributed by atoms with Gasteiger partial charge < -0.3 is 4.90 Å². The first kappa shape index (κ1) is 11.9. The van der Waals surface area contributed by atoms with E-state index in [1.54, 1.807) is 0 Å². The molecule has 0 spiro atoms. The van der Waals surface area contributed by atoms with Crippen molar-refractivity contribution in [3.05, 3.63) is 0 Å². The van der Waals surface area contributed by atoms with Crippen molar-refractivity contribution in [2.45, 2.75) is 38.6 Å². The minimum atomic E-state index is -0.265. The monoisotopic (exact) mass is 221 g/mol. The molecule has 0 bridgehead atoms. The molecule has 0 aromatic rings. The number of nitrogens with zero attached hydrogens (tertiary/aromatic N) is 2. The summed E-state index contributed by atoms with van der Waals surface area (Å²) in [6.45, 7) is 8.56. The van der Waals surface area contributed by atoms with Crippen LogP contribution in [0.4, 0.5) is 0 Å². The van der Waals surface area contributed by atoms with Gasteiger partial charge in [-0.15, -0.1) is 0 Å². The SMILES string of the molecule is CCNC(C#N)(CN1CCC(C)C1)C1CC1. The molecule has 1 saturated heterocycles. The lowest BCUT2D eigenvalue weighted by Crippen LogP contribution is -2.54. The topological polar surface area (TPSA) is 39.1 Å². The van der Waals surface area contributed by atoms with Gasteiger partial charge in [0, 0.05) is 13.1 Å². The first-order chi connectivity index (χ1) is 7.70. The molecule has 3 nitrogen and oxygen atoms in total. The summed E-state index contributed by atoms with van der Waals surface area (Å²) in [7, 11) is 0. The van der Waals surface area contributed by atoms with Crippen LogP contribution in [-0.2, 0) is 0 Å². The van der Waals surface area contributed by atoms with Gasteiger partial charge >= 0.3 is 0 Å². The maximum Gasteiger partial charge on any atom is 0.122 e. The summed E-state index contributed by atoms with van der Waals surface area (Å²) >= 11 is 0. The lowest BCUT2D eigenvalue weighted by molar-refractivity contribution is 0.226. The highest BCUT2D eigenvalue weighted by atomic mass is 15.2. The fraction of sp³-hybridized carbons (Fsp3) is 0.923. The molecule has 2 rings (SSSR count). The molecule has 2 fully saturated rings. The van der Waals surface area contributed by atoms with E-state index < -0.39 is 0 Å². The van der Waals surface area contributed by atoms with Gasteiger partial charge in [0.15, 0.2) is 0 Å². The summed E-state index contributed by atoms with van der Waals surface area (Å²) in [5, 5.41) is 13.0. The Morgan fingerprint density at radius 1 is 1.44 bits per heavy atom. The van der Waals surface area contributed by atoms with Crippen LogP contribution >= 0.6 is 0 Å². The third kappa shape index (κ3) is 2.39. The zero-order valence-corrected chi connectivity index (χ0v) is 10.5. The van der Waals surface area contributed by atoms with Crippen LogP contribution in [0.15, 0.2) is 0 Å². The molecular weight excluding hydrogens is 198 g/mol. The quantitative estimate of drug-likeness (QED) is 0.766. The summed E-state index contributed by atoms with van der Waals surface area (Å²) in [5.74, 6) is 1.39. The highest BCUT2D eigenvalue weighted by Crippen LogP contribution is 2.40. The molecule has 90 valence electrons. The Morgan fingerprint density at radius 3 is 2.62 bits per heavy atom. The van der Waals surface area contributed by atoms with Gasteiger partial charge in [-0.3, -0.25) is 5.32 Å². The largest absolute Gasteiger partial charge is 0.300 e. The standard InChI is InChI=1S/C13H23N3/c1-3-15-13(9-14,12-4-5-12)10-16-7-6-11(2)8-16/h11-12,15H,3-8,10H2,1-2H3. The summed E-state index contributed by atoms with van der Waals surface area (Å²) in [5.41, 5.74) is -0.265. The van der Waals surface area contributed by atoms with E-state index in [0.717, 1.165) is 19.0 Å². The molecule has 0 aromatic heterocycles. The summed E-state index contributed by atoms with van der Waals surface area (Å²) in [4.78, 5) is 2.47. The summed E-state index contributed by atoms with van der Waals surface area (Å²) < 4.78 is 0. The number of rotatable bonds is 5. The molecule has 1 N–H and O–H groups in total. The van der Waals surface area contributed by atoms with Crippen molar-refractivity contribution < 1.29 is 0 Å². The van der Waals surface area contributed by atoms with Crippen molar-refractivity contribution in [2.24, 2.45) is 11.8 Å². The highest BCUT2D eigenvalue weighted by molar-refractivity contribution is 5.16. The number of likely N-dealkylation sites (N-methyl/N-ethyl adjacent to an activating group) is 1. The smallest absolute Gasteiger partial charge is 0.122 e. The first-order valence-corrected chi connectivity index (χ1v) is 6.59. The molecule has 0 radical (unpaired) electrons. The molecule has 0 aromatic carbocycles. The van der Waals surface area contributed by atoms with E-state index in [1.165, 1.54) is 32.4 Å². The van der Waals surface area contributed by atoms with E-state index in [1.807, 2.05) is 0 Å². The van der Waals surface area contributed by atoms with Crippen LogP contribution in [0, 0.1) is 23.2 Å². The number of likely N-dealkylation sites (tertiary alicyclic amines) is 1. The van der Waals surface area contributed by atoms with Crippen molar-refractivity contribution in [1.29, 1.82) is 5.26 Å². The van der Waals surface area contributed by atoms with E-state index in [0.29, 0.717) is 5.92 Å². The Labute approximate surface area is 98.8 Å². The molecule has 1 aliphatic heterocycles. The third-order valence-electron chi connectivity index (χ3n) is 3.95. The van der Waals surface area contributed by atoms with E-state index in [4.69, 9.17) is 0 Å². The van der Waals surface area contributed by atoms with Crippen LogP contribution < -0.4 is 5.32 Å². The maximum absolute atomic E-state index is 9.51. The predicted molar refractivity (Wildman–Crippen MR) is 65.0 cm³/mol. The van der Waals surface area contributed by atoms with Gasteiger partial charge in [0.1, 0.15) is 5.54 Å². The molecular formula is C13H23N3. The average molecular weight is 221 g/mol. The molecule has 3 heteroatoms. The third-order valence-corrected chi connectivity index (χ3v) is 3.95. The Morgan fingerprint density at radius 2 is 2.19 bits per heavy atom. The predicted octanol–water partition coefficient (Wildman–Crippen LogP) is 1.61. The second-order valence-electron chi connectivity index (χ2n) is 5.52. The fourth-order valence-corrected chi connectivity index (χ4v) is 2.91. The van der Waals surface area contributed by atoms with Gasteiger partial charge in [-0.1, -0.05) is 13.8 Å². The molecule has 2 atom stereocenters. The molecule has 1 aliphatic carbocycles. The summed E-state index contributed by atoms with van der Waals surface area (Å²) in [6.07, 6.45) is 3.74. The Hall–Kier alpha value is -0.590. The van der Waals surface area contributed by atoms with E-state index in [2.05, 4.69) is 30.1 Å². The lowest BCUT2D eigenvalue weighted by atomic mass is 9.94. The van der Waals surface area contributed by atoms with Crippen LogP contribution in [-0.4, -0.2) is 36.6 Å². The minimum absolute atomic E-state index is 0.265. The van der Waals surface area contributed by atoms with Gasteiger partial charge in [-0.2, -0.15) is 5.26 Å². The zero-order valence-electron chi connectivity index (χ0n) is 10.5. The number of hydrogen-bond acceptors (Lipinski definition) is 3. The molecule has 2 aliphatic rings. The van der Waals surface area contributed by atoms with E-state index in [9.17, 15) is 5.26 Å². The van der Waals surface area contributed by atoms with Crippen molar-refractivity contribution in [1.82, 2.24) is 10.2 Å². The first-order valence-electron chi connectivity index (χ1n) is 6.59. The van der Waals surface area contributed by atoms with Crippen LogP contribution in [0.1, 0.15) is 33.1 Å². The second-order valence-corrected chi connectivity index (χ2v) is 5.52. The van der Waals surface area contributed by atoms with Crippen LogP contribution in [0.25, 0.3) is 0 Å². The molecule has 16 heavy (non-hydrogen) atoms. The van der Waals surface area contributed by atoms with Crippen molar-refractivity contribution >= 4 is 0 Å². The molecule has 1 heterocycles. The summed E-state index contributed by atoms with van der Waals surface area (Å²) in [6, 6.07) is 2.57. The Balaban J connectivity index is 1.99. The normalized spacial score (nSPS) is 29.9. The Bertz CT molecular complexity index is 279. The van der Waals surface area contributed by atoms with Gasteiger partial charge in [-0.25, -0.2) is 0 Å². The number of nitrogens with one attached hydrogen (secondary N) is 1. The van der Waals surface area contributed by atoms with Gasteiger partial charge in [0.2, 0.25) is 0 Å². The zero-order chi connectivity index (χ0) is 11.6.